The number of piperazine rings is 1. The Bertz CT molecular complexity index is 487. The van der Waals surface area contributed by atoms with Crippen LogP contribution in [0.2, 0.25) is 0 Å². The molecule has 90 valence electrons. The Labute approximate surface area is 99.7 Å². The Kier molecular flexibility index (Phi) is 2.98. The van der Waals surface area contributed by atoms with Crippen molar-refractivity contribution in [3.63, 3.8) is 0 Å². The topological polar surface area (TPSA) is 58.4 Å². The summed E-state index contributed by atoms with van der Waals surface area (Å²) in [6, 6.07) is 1.91. The average Bonchev–Trinajstić information content (AvgIpc) is 2.81. The van der Waals surface area contributed by atoms with Gasteiger partial charge in [0.05, 0.1) is 0 Å². The lowest BCUT2D eigenvalue weighted by molar-refractivity contribution is 0.242. The second kappa shape index (κ2) is 4.77. The maximum absolute atomic E-state index is 4.19. The highest BCUT2D eigenvalue weighted by atomic mass is 15.3. The summed E-state index contributed by atoms with van der Waals surface area (Å²) in [5.41, 5.74) is 0. The molecule has 3 heterocycles. The molecule has 1 aliphatic rings. The molecule has 0 aromatic carbocycles. The molecule has 1 saturated heterocycles. The first kappa shape index (κ1) is 10.6. The maximum atomic E-state index is 4.19. The van der Waals surface area contributed by atoms with Crippen LogP contribution >= 0.6 is 0 Å². The van der Waals surface area contributed by atoms with Crippen molar-refractivity contribution in [2.24, 2.45) is 0 Å². The largest absolute Gasteiger partial charge is 0.314 e. The minimum Gasteiger partial charge on any atom is -0.314 e. The van der Waals surface area contributed by atoms with E-state index in [0.717, 1.165) is 45.0 Å². The molecule has 6 nitrogen and oxygen atoms in total. The van der Waals surface area contributed by atoms with Crippen molar-refractivity contribution in [2.75, 3.05) is 32.7 Å². The zero-order chi connectivity index (χ0) is 11.5. The Hall–Kier alpha value is -1.53. The summed E-state index contributed by atoms with van der Waals surface area (Å²) in [7, 11) is 0. The van der Waals surface area contributed by atoms with Crippen LogP contribution in [0.25, 0.3) is 5.78 Å². The van der Waals surface area contributed by atoms with E-state index in [-0.39, 0.29) is 0 Å². The van der Waals surface area contributed by atoms with Crippen molar-refractivity contribution in [3.8, 4) is 0 Å². The fourth-order valence-corrected chi connectivity index (χ4v) is 2.15. The van der Waals surface area contributed by atoms with Crippen molar-refractivity contribution in [2.45, 2.75) is 6.42 Å². The third-order valence-corrected chi connectivity index (χ3v) is 3.12. The monoisotopic (exact) mass is 232 g/mol. The Morgan fingerprint density at radius 1 is 1.24 bits per heavy atom. The van der Waals surface area contributed by atoms with E-state index < -0.39 is 0 Å². The number of hydrogen-bond acceptors (Lipinski definition) is 5. The van der Waals surface area contributed by atoms with Crippen molar-refractivity contribution in [1.29, 1.82) is 0 Å². The second-order valence-corrected chi connectivity index (χ2v) is 4.25. The van der Waals surface area contributed by atoms with E-state index in [1.807, 2.05) is 16.7 Å². The first-order chi connectivity index (χ1) is 8.43. The van der Waals surface area contributed by atoms with Gasteiger partial charge < -0.3 is 10.2 Å². The molecule has 2 aromatic heterocycles. The highest BCUT2D eigenvalue weighted by molar-refractivity contribution is 5.26. The van der Waals surface area contributed by atoms with Gasteiger partial charge in [-0.3, -0.25) is 4.40 Å². The summed E-state index contributed by atoms with van der Waals surface area (Å²) in [6.07, 6.45) is 4.63. The van der Waals surface area contributed by atoms with Crippen LogP contribution in [0.3, 0.4) is 0 Å². The molecular formula is C11H16N6. The van der Waals surface area contributed by atoms with Crippen LogP contribution < -0.4 is 5.32 Å². The van der Waals surface area contributed by atoms with Crippen LogP contribution in [-0.4, -0.2) is 57.2 Å². The van der Waals surface area contributed by atoms with Gasteiger partial charge in [-0.2, -0.15) is 0 Å². The van der Waals surface area contributed by atoms with E-state index in [4.69, 9.17) is 0 Å². The fourth-order valence-electron chi connectivity index (χ4n) is 2.15. The van der Waals surface area contributed by atoms with Crippen LogP contribution in [0.4, 0.5) is 0 Å². The summed E-state index contributed by atoms with van der Waals surface area (Å²) in [6.45, 7) is 5.45. The predicted octanol–water partition coefficient (Wildman–Crippen LogP) is -0.428. The first-order valence-electron chi connectivity index (χ1n) is 6.01. The van der Waals surface area contributed by atoms with Gasteiger partial charge in [0.15, 0.2) is 0 Å². The first-order valence-corrected chi connectivity index (χ1v) is 6.01. The summed E-state index contributed by atoms with van der Waals surface area (Å²) in [5, 5.41) is 11.6. The van der Waals surface area contributed by atoms with Gasteiger partial charge in [0, 0.05) is 51.5 Å². The number of fused-ring (bicyclic) bond motifs is 1. The van der Waals surface area contributed by atoms with E-state index in [9.17, 15) is 0 Å². The number of aromatic nitrogens is 4. The second-order valence-electron chi connectivity index (χ2n) is 4.25. The summed E-state index contributed by atoms with van der Waals surface area (Å²) >= 11 is 0. The molecule has 1 N–H and O–H groups in total. The van der Waals surface area contributed by atoms with Crippen LogP contribution in [0.1, 0.15) is 5.82 Å². The lowest BCUT2D eigenvalue weighted by Crippen LogP contribution is -2.44. The van der Waals surface area contributed by atoms with Crippen molar-refractivity contribution in [1.82, 2.24) is 29.8 Å². The minimum atomic E-state index is 0.683. The zero-order valence-electron chi connectivity index (χ0n) is 9.71. The quantitative estimate of drug-likeness (QED) is 0.778. The van der Waals surface area contributed by atoms with Gasteiger partial charge >= 0.3 is 0 Å². The van der Waals surface area contributed by atoms with E-state index in [1.165, 1.54) is 0 Å². The van der Waals surface area contributed by atoms with Gasteiger partial charge in [-0.1, -0.05) is 0 Å². The Morgan fingerprint density at radius 3 is 3.00 bits per heavy atom. The number of nitrogens with one attached hydrogen (secondary N) is 1. The standard InChI is InChI=1S/C11H16N6/c1-3-13-11-15-14-10(17(11)6-1)2-7-16-8-4-12-5-9-16/h1,3,6,12H,2,4-5,7-9H2. The molecule has 0 bridgehead atoms. The van der Waals surface area contributed by atoms with Gasteiger partial charge in [0.25, 0.3) is 5.78 Å². The summed E-state index contributed by atoms with van der Waals surface area (Å²) in [5.74, 6) is 1.68. The smallest absolute Gasteiger partial charge is 0.254 e. The number of rotatable bonds is 3. The predicted molar refractivity (Wildman–Crippen MR) is 63.8 cm³/mol. The van der Waals surface area contributed by atoms with Crippen LogP contribution in [0.15, 0.2) is 18.5 Å². The van der Waals surface area contributed by atoms with E-state index in [2.05, 4.69) is 25.4 Å². The van der Waals surface area contributed by atoms with Crippen molar-refractivity contribution < 1.29 is 0 Å². The van der Waals surface area contributed by atoms with Crippen molar-refractivity contribution >= 4 is 5.78 Å². The molecule has 1 aliphatic heterocycles. The highest BCUT2D eigenvalue weighted by Gasteiger charge is 2.11. The van der Waals surface area contributed by atoms with Crippen LogP contribution in [0, 0.1) is 0 Å². The van der Waals surface area contributed by atoms with Crippen molar-refractivity contribution in [3.05, 3.63) is 24.3 Å². The van der Waals surface area contributed by atoms with Gasteiger partial charge in [-0.15, -0.1) is 10.2 Å². The normalized spacial score (nSPS) is 17.6. The summed E-state index contributed by atoms with van der Waals surface area (Å²) in [4.78, 5) is 6.61. The lowest BCUT2D eigenvalue weighted by Gasteiger charge is -2.26. The average molecular weight is 232 g/mol. The molecule has 0 spiro atoms. The van der Waals surface area contributed by atoms with Gasteiger partial charge in [0.2, 0.25) is 0 Å². The molecular weight excluding hydrogens is 216 g/mol. The van der Waals surface area contributed by atoms with Gasteiger partial charge in [0.1, 0.15) is 5.82 Å². The molecule has 0 aliphatic carbocycles. The van der Waals surface area contributed by atoms with E-state index >= 15 is 0 Å². The third kappa shape index (κ3) is 2.27. The molecule has 0 unspecified atom stereocenters. The van der Waals surface area contributed by atoms with Gasteiger partial charge in [-0.05, 0) is 6.07 Å². The maximum Gasteiger partial charge on any atom is 0.254 e. The molecule has 0 amide bonds. The van der Waals surface area contributed by atoms with E-state index in [0.29, 0.717) is 5.78 Å². The van der Waals surface area contributed by atoms with Gasteiger partial charge in [-0.25, -0.2) is 4.98 Å². The Morgan fingerprint density at radius 2 is 2.12 bits per heavy atom. The number of hydrogen-bond donors (Lipinski definition) is 1. The Balaban J connectivity index is 1.68. The summed E-state index contributed by atoms with van der Waals surface area (Å²) < 4.78 is 1.96. The SMILES string of the molecule is c1cnc2nnc(CCN3CCNCC3)n2c1. The fraction of sp³-hybridized carbons (Fsp3) is 0.545. The molecule has 3 rings (SSSR count). The molecule has 1 fully saturated rings. The minimum absolute atomic E-state index is 0.683. The molecule has 0 radical (unpaired) electrons. The molecule has 0 saturated carbocycles. The highest BCUT2D eigenvalue weighted by Crippen LogP contribution is 2.02. The van der Waals surface area contributed by atoms with Crippen LogP contribution in [0.5, 0.6) is 0 Å². The zero-order valence-corrected chi connectivity index (χ0v) is 9.71. The molecule has 6 heteroatoms. The lowest BCUT2D eigenvalue weighted by atomic mass is 10.3. The third-order valence-electron chi connectivity index (χ3n) is 3.12. The molecule has 2 aromatic rings. The molecule has 0 atom stereocenters. The molecule has 17 heavy (non-hydrogen) atoms. The van der Waals surface area contributed by atoms with Crippen LogP contribution in [-0.2, 0) is 6.42 Å². The number of nitrogens with zero attached hydrogens (tertiary/aromatic N) is 5. The van der Waals surface area contributed by atoms with E-state index in [1.54, 1.807) is 6.20 Å².